The number of nitrogens with zero attached hydrogens (tertiary/aromatic N) is 2. The molecule has 0 aliphatic carbocycles. The van der Waals surface area contributed by atoms with E-state index < -0.39 is 0 Å². The van der Waals surface area contributed by atoms with E-state index in [2.05, 4.69) is 9.97 Å². The Kier molecular flexibility index (Phi) is 2.95. The minimum atomic E-state index is -0.242. The number of fused-ring (bicyclic) bond motifs is 3. The van der Waals surface area contributed by atoms with Gasteiger partial charge in [-0.3, -0.25) is 0 Å². The maximum Gasteiger partial charge on any atom is 0.349 e. The van der Waals surface area contributed by atoms with E-state index in [1.807, 2.05) is 44.3 Å². The lowest BCUT2D eigenvalue weighted by Crippen LogP contribution is -2.18. The summed E-state index contributed by atoms with van der Waals surface area (Å²) in [7, 11) is 1.70. The van der Waals surface area contributed by atoms with Crippen molar-refractivity contribution in [1.29, 1.82) is 0 Å². The monoisotopic (exact) mass is 229 g/mol. The topological polar surface area (TPSA) is 50.7 Å². The minimum Gasteiger partial charge on any atom is -0.339 e. The number of aromatic amines is 1. The Balaban J connectivity index is 0.000000514. The van der Waals surface area contributed by atoms with E-state index in [1.165, 1.54) is 4.57 Å². The lowest BCUT2D eigenvalue weighted by atomic mass is 10.2. The van der Waals surface area contributed by atoms with Crippen molar-refractivity contribution < 1.29 is 0 Å². The van der Waals surface area contributed by atoms with E-state index in [9.17, 15) is 4.79 Å². The number of hydrogen-bond acceptors (Lipinski definition) is 2. The van der Waals surface area contributed by atoms with Crippen molar-refractivity contribution in [3.05, 3.63) is 40.9 Å². The number of aromatic nitrogens is 3. The fraction of sp³-hybridized carbons (Fsp3) is 0.231. The molecular formula is C13H15N3O. The van der Waals surface area contributed by atoms with Gasteiger partial charge in [0.25, 0.3) is 0 Å². The molecule has 0 aliphatic heterocycles. The molecule has 3 rings (SSSR count). The van der Waals surface area contributed by atoms with Gasteiger partial charge >= 0.3 is 5.69 Å². The maximum atomic E-state index is 11.3. The van der Waals surface area contributed by atoms with Crippen LogP contribution in [0.3, 0.4) is 0 Å². The summed E-state index contributed by atoms with van der Waals surface area (Å²) in [5, 5.41) is 2.07. The van der Waals surface area contributed by atoms with Crippen LogP contribution in [-0.4, -0.2) is 14.5 Å². The van der Waals surface area contributed by atoms with Crippen molar-refractivity contribution in [1.82, 2.24) is 14.5 Å². The lowest BCUT2D eigenvalue weighted by Gasteiger charge is -1.94. The summed E-state index contributed by atoms with van der Waals surface area (Å²) in [5.41, 5.74) is 1.42. The lowest BCUT2D eigenvalue weighted by molar-refractivity contribution is 0.826. The quantitative estimate of drug-likeness (QED) is 0.643. The van der Waals surface area contributed by atoms with Gasteiger partial charge in [-0.2, -0.15) is 4.98 Å². The summed E-state index contributed by atoms with van der Waals surface area (Å²) in [6.45, 7) is 4.00. The second-order valence-electron chi connectivity index (χ2n) is 3.57. The molecule has 17 heavy (non-hydrogen) atoms. The number of rotatable bonds is 0. The first-order valence-electron chi connectivity index (χ1n) is 5.70. The van der Waals surface area contributed by atoms with Crippen LogP contribution in [0.5, 0.6) is 0 Å². The molecule has 1 aromatic carbocycles. The average molecular weight is 229 g/mol. The van der Waals surface area contributed by atoms with Gasteiger partial charge in [0.2, 0.25) is 0 Å². The maximum absolute atomic E-state index is 11.3. The molecule has 0 amide bonds. The van der Waals surface area contributed by atoms with Crippen LogP contribution >= 0.6 is 0 Å². The number of H-pyrrole nitrogens is 1. The molecule has 4 nitrogen and oxygen atoms in total. The van der Waals surface area contributed by atoms with Crippen LogP contribution in [0.2, 0.25) is 0 Å². The molecule has 0 spiro atoms. The minimum absolute atomic E-state index is 0.242. The zero-order valence-electron chi connectivity index (χ0n) is 10.2. The highest BCUT2D eigenvalue weighted by Crippen LogP contribution is 2.21. The van der Waals surface area contributed by atoms with Crippen molar-refractivity contribution in [3.8, 4) is 0 Å². The largest absolute Gasteiger partial charge is 0.349 e. The van der Waals surface area contributed by atoms with Crippen LogP contribution in [0.15, 0.2) is 35.3 Å². The zero-order valence-corrected chi connectivity index (χ0v) is 10.2. The second kappa shape index (κ2) is 4.41. The van der Waals surface area contributed by atoms with Crippen LogP contribution in [0, 0.1) is 0 Å². The third-order valence-corrected chi connectivity index (χ3v) is 2.56. The highest BCUT2D eigenvalue weighted by molar-refractivity contribution is 6.05. The zero-order chi connectivity index (χ0) is 12.4. The number of benzene rings is 1. The molecule has 2 aromatic heterocycles. The van der Waals surface area contributed by atoms with E-state index in [-0.39, 0.29) is 5.69 Å². The smallest absolute Gasteiger partial charge is 0.339 e. The molecule has 88 valence electrons. The molecule has 4 heteroatoms. The molecule has 0 saturated carbocycles. The Morgan fingerprint density at radius 3 is 2.65 bits per heavy atom. The highest BCUT2D eigenvalue weighted by Gasteiger charge is 2.05. The number of nitrogens with one attached hydrogen (secondary N) is 1. The van der Waals surface area contributed by atoms with E-state index in [0.29, 0.717) is 5.65 Å². The van der Waals surface area contributed by atoms with Crippen molar-refractivity contribution in [2.24, 2.45) is 7.05 Å². The van der Waals surface area contributed by atoms with Crippen molar-refractivity contribution in [3.63, 3.8) is 0 Å². The number of aryl methyl sites for hydroxylation is 1. The Morgan fingerprint density at radius 1 is 1.18 bits per heavy atom. The standard InChI is InChI=1S/C11H9N3O.C2H6/c1-14-6-8-7-4-2-3-5-9(7)12-10(8)13-11(14)15;1-2/h2-6H,1H3,(H,12,13,15);1-2H3. The van der Waals surface area contributed by atoms with Gasteiger partial charge in [0.05, 0.1) is 0 Å². The van der Waals surface area contributed by atoms with Gasteiger partial charge in [-0.15, -0.1) is 0 Å². The van der Waals surface area contributed by atoms with Crippen LogP contribution < -0.4 is 5.69 Å². The second-order valence-corrected chi connectivity index (χ2v) is 3.57. The average Bonchev–Trinajstić information content (AvgIpc) is 2.70. The summed E-state index contributed by atoms with van der Waals surface area (Å²) < 4.78 is 1.49. The van der Waals surface area contributed by atoms with Crippen LogP contribution in [-0.2, 0) is 7.05 Å². The fourth-order valence-electron chi connectivity index (χ4n) is 1.79. The molecule has 0 aliphatic rings. The van der Waals surface area contributed by atoms with Gasteiger partial charge in [0.1, 0.15) is 5.65 Å². The summed E-state index contributed by atoms with van der Waals surface area (Å²) in [4.78, 5) is 18.4. The van der Waals surface area contributed by atoms with E-state index in [1.54, 1.807) is 7.05 Å². The van der Waals surface area contributed by atoms with E-state index in [4.69, 9.17) is 0 Å². The molecule has 1 N–H and O–H groups in total. The third-order valence-electron chi connectivity index (χ3n) is 2.56. The predicted octanol–water partition coefficient (Wildman–Crippen LogP) is 2.44. The Labute approximate surface area is 98.9 Å². The SMILES string of the molecule is CC.Cn1cc2c(nc1=O)[nH]c1ccccc12. The molecular weight excluding hydrogens is 214 g/mol. The predicted molar refractivity (Wildman–Crippen MR) is 70.2 cm³/mol. The van der Waals surface area contributed by atoms with Crippen molar-refractivity contribution >= 4 is 21.9 Å². The molecule has 0 bridgehead atoms. The van der Waals surface area contributed by atoms with Gasteiger partial charge in [-0.25, -0.2) is 4.79 Å². The molecule has 0 saturated heterocycles. The highest BCUT2D eigenvalue weighted by atomic mass is 16.1. The first kappa shape index (κ1) is 11.4. The normalized spacial score (nSPS) is 10.3. The molecule has 3 aromatic rings. The Morgan fingerprint density at radius 2 is 1.88 bits per heavy atom. The van der Waals surface area contributed by atoms with Gasteiger partial charge in [0.15, 0.2) is 0 Å². The van der Waals surface area contributed by atoms with Crippen LogP contribution in [0.25, 0.3) is 21.9 Å². The summed E-state index contributed by atoms with van der Waals surface area (Å²) >= 11 is 0. The Bertz CT molecular complexity index is 709. The first-order chi connectivity index (χ1) is 8.25. The first-order valence-corrected chi connectivity index (χ1v) is 5.70. The summed E-state index contributed by atoms with van der Waals surface area (Å²) in [6.07, 6.45) is 1.81. The molecule has 2 heterocycles. The number of hydrogen-bond donors (Lipinski definition) is 1. The summed E-state index contributed by atoms with van der Waals surface area (Å²) in [6, 6.07) is 7.92. The Hall–Kier alpha value is -2.10. The van der Waals surface area contributed by atoms with Gasteiger partial charge in [-0.05, 0) is 6.07 Å². The molecule has 0 unspecified atom stereocenters. The van der Waals surface area contributed by atoms with Crippen molar-refractivity contribution in [2.45, 2.75) is 13.8 Å². The van der Waals surface area contributed by atoms with E-state index in [0.717, 1.165) is 16.3 Å². The summed E-state index contributed by atoms with van der Waals surface area (Å²) in [5.74, 6) is 0. The van der Waals surface area contributed by atoms with Crippen LogP contribution in [0.1, 0.15) is 13.8 Å². The number of para-hydroxylation sites is 1. The molecule has 0 radical (unpaired) electrons. The molecule has 0 fully saturated rings. The van der Waals surface area contributed by atoms with Gasteiger partial charge in [-0.1, -0.05) is 32.0 Å². The third kappa shape index (κ3) is 1.82. The van der Waals surface area contributed by atoms with Gasteiger partial charge in [0, 0.05) is 29.5 Å². The van der Waals surface area contributed by atoms with Crippen LogP contribution in [0.4, 0.5) is 0 Å². The van der Waals surface area contributed by atoms with Crippen molar-refractivity contribution in [2.75, 3.05) is 0 Å². The van der Waals surface area contributed by atoms with Gasteiger partial charge < -0.3 is 9.55 Å². The van der Waals surface area contributed by atoms with E-state index >= 15 is 0 Å². The fourth-order valence-corrected chi connectivity index (χ4v) is 1.79. The molecule has 0 atom stereocenters.